The van der Waals surface area contributed by atoms with Crippen LogP contribution in [0.3, 0.4) is 0 Å². The van der Waals surface area contributed by atoms with Crippen molar-refractivity contribution in [3.05, 3.63) is 29.3 Å². The number of aliphatic hydroxyl groups excluding tert-OH is 1. The zero-order valence-electron chi connectivity index (χ0n) is 12.5. The molecule has 112 valence electrons. The fraction of sp³-hybridized carbons (Fsp3) is 0.625. The van der Waals surface area contributed by atoms with Gasteiger partial charge in [-0.2, -0.15) is 0 Å². The van der Waals surface area contributed by atoms with Crippen molar-refractivity contribution in [2.75, 3.05) is 26.8 Å². The number of likely N-dealkylation sites (tertiary alicyclic amines) is 1. The van der Waals surface area contributed by atoms with Crippen LogP contribution in [0.1, 0.15) is 30.9 Å². The minimum Gasteiger partial charge on any atom is -0.496 e. The molecule has 0 radical (unpaired) electrons. The number of benzene rings is 1. The van der Waals surface area contributed by atoms with Gasteiger partial charge in [0.1, 0.15) is 5.75 Å². The van der Waals surface area contributed by atoms with E-state index in [4.69, 9.17) is 9.47 Å². The van der Waals surface area contributed by atoms with Crippen molar-refractivity contribution < 1.29 is 14.6 Å². The highest BCUT2D eigenvalue weighted by Crippen LogP contribution is 2.24. The number of hydrogen-bond donors (Lipinski definition) is 1. The summed E-state index contributed by atoms with van der Waals surface area (Å²) in [6, 6.07) is 5.87. The van der Waals surface area contributed by atoms with Crippen molar-refractivity contribution >= 4 is 0 Å². The maximum atomic E-state index is 9.27. The molecule has 0 aromatic heterocycles. The topological polar surface area (TPSA) is 41.9 Å². The van der Waals surface area contributed by atoms with E-state index < -0.39 is 0 Å². The smallest absolute Gasteiger partial charge is 0.123 e. The summed E-state index contributed by atoms with van der Waals surface area (Å²) in [5.41, 5.74) is 2.07. The van der Waals surface area contributed by atoms with Crippen molar-refractivity contribution in [1.82, 2.24) is 4.90 Å². The van der Waals surface area contributed by atoms with Crippen LogP contribution in [0.25, 0.3) is 0 Å². The molecule has 1 aromatic carbocycles. The standard InChI is InChI=1S/C16H25NO3/c1-3-20-15-5-4-8-17(11-15)10-14-9-13(12-18)6-7-16(14)19-2/h6-7,9,15,18H,3-5,8,10-12H2,1-2H3. The van der Waals surface area contributed by atoms with Crippen LogP contribution < -0.4 is 4.74 Å². The van der Waals surface area contributed by atoms with Gasteiger partial charge in [0.25, 0.3) is 0 Å². The number of ether oxygens (including phenoxy) is 2. The van der Waals surface area contributed by atoms with Crippen LogP contribution in [-0.2, 0) is 17.9 Å². The summed E-state index contributed by atoms with van der Waals surface area (Å²) < 4.78 is 11.2. The van der Waals surface area contributed by atoms with E-state index in [0.29, 0.717) is 6.10 Å². The first-order valence-electron chi connectivity index (χ1n) is 7.37. The fourth-order valence-electron chi connectivity index (χ4n) is 2.82. The molecule has 2 rings (SSSR count). The molecular weight excluding hydrogens is 254 g/mol. The summed E-state index contributed by atoms with van der Waals surface area (Å²) in [5.74, 6) is 0.890. The van der Waals surface area contributed by atoms with Gasteiger partial charge >= 0.3 is 0 Å². The summed E-state index contributed by atoms with van der Waals surface area (Å²) in [7, 11) is 1.69. The van der Waals surface area contributed by atoms with E-state index >= 15 is 0 Å². The Morgan fingerprint density at radius 1 is 1.40 bits per heavy atom. The highest BCUT2D eigenvalue weighted by atomic mass is 16.5. The van der Waals surface area contributed by atoms with Gasteiger partial charge in [0.15, 0.2) is 0 Å². The first kappa shape index (κ1) is 15.3. The van der Waals surface area contributed by atoms with Gasteiger partial charge in [0.05, 0.1) is 19.8 Å². The molecule has 1 unspecified atom stereocenters. The lowest BCUT2D eigenvalue weighted by Crippen LogP contribution is -2.39. The third-order valence-electron chi connectivity index (χ3n) is 3.79. The largest absolute Gasteiger partial charge is 0.496 e. The summed E-state index contributed by atoms with van der Waals surface area (Å²) in [4.78, 5) is 2.41. The summed E-state index contributed by atoms with van der Waals surface area (Å²) in [6.07, 6.45) is 2.67. The van der Waals surface area contributed by atoms with Crippen LogP contribution in [0.2, 0.25) is 0 Å². The van der Waals surface area contributed by atoms with Gasteiger partial charge in [-0.25, -0.2) is 0 Å². The van der Waals surface area contributed by atoms with Crippen LogP contribution in [-0.4, -0.2) is 42.9 Å². The van der Waals surface area contributed by atoms with Crippen LogP contribution in [0, 0.1) is 0 Å². The van der Waals surface area contributed by atoms with Gasteiger partial charge in [0.2, 0.25) is 0 Å². The van der Waals surface area contributed by atoms with Gasteiger partial charge < -0.3 is 14.6 Å². The lowest BCUT2D eigenvalue weighted by Gasteiger charge is -2.32. The zero-order chi connectivity index (χ0) is 14.4. The highest BCUT2D eigenvalue weighted by molar-refractivity contribution is 5.37. The second kappa shape index (κ2) is 7.62. The van der Waals surface area contributed by atoms with E-state index in [1.165, 1.54) is 6.42 Å². The Morgan fingerprint density at radius 3 is 2.95 bits per heavy atom. The van der Waals surface area contributed by atoms with Gasteiger partial charge in [-0.1, -0.05) is 6.07 Å². The Hall–Kier alpha value is -1.10. The number of piperidine rings is 1. The van der Waals surface area contributed by atoms with Crippen molar-refractivity contribution in [2.45, 2.75) is 39.0 Å². The van der Waals surface area contributed by atoms with Crippen molar-refractivity contribution in [2.24, 2.45) is 0 Å². The lowest BCUT2D eigenvalue weighted by molar-refractivity contribution is 0.00345. The van der Waals surface area contributed by atoms with Crippen LogP contribution in [0.5, 0.6) is 5.75 Å². The Kier molecular flexibility index (Phi) is 5.83. The first-order chi connectivity index (χ1) is 9.76. The first-order valence-corrected chi connectivity index (χ1v) is 7.37. The van der Waals surface area contributed by atoms with E-state index in [1.807, 2.05) is 25.1 Å². The molecular formula is C16H25NO3. The molecule has 1 N–H and O–H groups in total. The molecule has 0 aliphatic carbocycles. The third kappa shape index (κ3) is 3.95. The molecule has 0 amide bonds. The zero-order valence-corrected chi connectivity index (χ0v) is 12.5. The number of nitrogens with zero attached hydrogens (tertiary/aromatic N) is 1. The minimum atomic E-state index is 0.0680. The minimum absolute atomic E-state index is 0.0680. The molecule has 1 fully saturated rings. The molecule has 4 nitrogen and oxygen atoms in total. The molecule has 1 atom stereocenters. The Labute approximate surface area is 121 Å². The number of aliphatic hydroxyl groups is 1. The van der Waals surface area contributed by atoms with Crippen molar-refractivity contribution in [1.29, 1.82) is 0 Å². The molecule has 0 bridgehead atoms. The molecule has 0 saturated carbocycles. The summed E-state index contributed by atoms with van der Waals surface area (Å²) in [6.45, 7) is 5.81. The predicted octanol–water partition coefficient (Wildman–Crippen LogP) is 2.19. The average Bonchev–Trinajstić information content (AvgIpc) is 2.48. The van der Waals surface area contributed by atoms with E-state index in [2.05, 4.69) is 4.90 Å². The van der Waals surface area contributed by atoms with E-state index in [1.54, 1.807) is 7.11 Å². The second-order valence-corrected chi connectivity index (χ2v) is 5.26. The Morgan fingerprint density at radius 2 is 2.25 bits per heavy atom. The van der Waals surface area contributed by atoms with E-state index in [9.17, 15) is 5.11 Å². The quantitative estimate of drug-likeness (QED) is 0.867. The Balaban J connectivity index is 2.04. The summed E-state index contributed by atoms with van der Waals surface area (Å²) in [5, 5.41) is 9.27. The van der Waals surface area contributed by atoms with E-state index in [0.717, 1.165) is 49.5 Å². The molecule has 1 saturated heterocycles. The molecule has 0 spiro atoms. The van der Waals surface area contributed by atoms with Gasteiger partial charge in [0, 0.05) is 25.3 Å². The molecule has 1 aliphatic heterocycles. The maximum Gasteiger partial charge on any atom is 0.123 e. The van der Waals surface area contributed by atoms with Crippen molar-refractivity contribution in [3.8, 4) is 5.75 Å². The second-order valence-electron chi connectivity index (χ2n) is 5.26. The van der Waals surface area contributed by atoms with Crippen LogP contribution in [0.4, 0.5) is 0 Å². The molecule has 4 heteroatoms. The third-order valence-corrected chi connectivity index (χ3v) is 3.79. The lowest BCUT2D eigenvalue weighted by atomic mass is 10.1. The molecule has 1 heterocycles. The van der Waals surface area contributed by atoms with E-state index in [-0.39, 0.29) is 6.61 Å². The normalized spacial score (nSPS) is 20.1. The predicted molar refractivity (Wildman–Crippen MR) is 78.8 cm³/mol. The SMILES string of the molecule is CCOC1CCCN(Cc2cc(CO)ccc2OC)C1. The van der Waals surface area contributed by atoms with Gasteiger partial charge in [-0.15, -0.1) is 0 Å². The fourth-order valence-corrected chi connectivity index (χ4v) is 2.82. The Bertz CT molecular complexity index is 420. The maximum absolute atomic E-state index is 9.27. The summed E-state index contributed by atoms with van der Waals surface area (Å²) >= 11 is 0. The number of hydrogen-bond acceptors (Lipinski definition) is 4. The van der Waals surface area contributed by atoms with Crippen molar-refractivity contribution in [3.63, 3.8) is 0 Å². The van der Waals surface area contributed by atoms with Gasteiger partial charge in [-0.3, -0.25) is 4.90 Å². The van der Waals surface area contributed by atoms with Crippen LogP contribution >= 0.6 is 0 Å². The number of methoxy groups -OCH3 is 1. The van der Waals surface area contributed by atoms with Gasteiger partial charge in [-0.05, 0) is 44.0 Å². The number of rotatable bonds is 6. The monoisotopic (exact) mass is 279 g/mol. The molecule has 1 aromatic rings. The molecule has 20 heavy (non-hydrogen) atoms. The van der Waals surface area contributed by atoms with Crippen LogP contribution in [0.15, 0.2) is 18.2 Å². The highest BCUT2D eigenvalue weighted by Gasteiger charge is 2.21. The average molecular weight is 279 g/mol. The molecule has 1 aliphatic rings.